The zero-order chi connectivity index (χ0) is 14.1. The molecule has 0 spiro atoms. The van der Waals surface area contributed by atoms with Gasteiger partial charge in [0.15, 0.2) is 0 Å². The number of aliphatic carboxylic acids is 1. The molecule has 6 nitrogen and oxygen atoms in total. The van der Waals surface area contributed by atoms with E-state index in [2.05, 4.69) is 0 Å². The maximum atomic E-state index is 11.9. The molecule has 1 saturated heterocycles. The van der Waals surface area contributed by atoms with Crippen molar-refractivity contribution >= 4 is 16.2 Å². The number of alkyl halides is 3. The summed E-state index contributed by atoms with van der Waals surface area (Å²) in [5, 5.41) is 8.80. The number of hydrogen-bond acceptors (Lipinski definition) is 3. The molecule has 1 heterocycles. The highest BCUT2D eigenvalue weighted by Crippen LogP contribution is 2.25. The minimum Gasteiger partial charge on any atom is -0.481 e. The molecule has 106 valence electrons. The maximum absolute atomic E-state index is 11.9. The van der Waals surface area contributed by atoms with Gasteiger partial charge in [0.1, 0.15) is 6.54 Å². The topological polar surface area (TPSA) is 86.7 Å². The molecule has 1 aliphatic heterocycles. The predicted octanol–water partition coefficient (Wildman–Crippen LogP) is 0.0356. The summed E-state index contributed by atoms with van der Waals surface area (Å²) in [4.78, 5) is 10.8. The van der Waals surface area contributed by atoms with Gasteiger partial charge in [-0.05, 0) is 5.92 Å². The number of carbonyl (C=O) groups is 1. The van der Waals surface area contributed by atoms with E-state index in [9.17, 15) is 26.4 Å². The highest BCUT2D eigenvalue weighted by molar-refractivity contribution is 7.87. The van der Waals surface area contributed by atoms with Crippen LogP contribution in [0.25, 0.3) is 0 Å². The smallest absolute Gasteiger partial charge is 0.402 e. The van der Waals surface area contributed by atoms with E-state index in [4.69, 9.17) is 5.11 Å². The van der Waals surface area contributed by atoms with Gasteiger partial charge < -0.3 is 5.11 Å². The van der Waals surface area contributed by atoms with Gasteiger partial charge in [0.05, 0.1) is 5.92 Å². The summed E-state index contributed by atoms with van der Waals surface area (Å²) in [6.07, 6.45) is -4.65. The van der Waals surface area contributed by atoms with Crippen LogP contribution in [0.3, 0.4) is 0 Å². The van der Waals surface area contributed by atoms with Crippen LogP contribution in [0.2, 0.25) is 0 Å². The third kappa shape index (κ3) is 3.82. The van der Waals surface area contributed by atoms with Crippen molar-refractivity contribution in [2.45, 2.75) is 13.1 Å². The van der Waals surface area contributed by atoms with E-state index in [0.29, 0.717) is 0 Å². The average molecular weight is 290 g/mol. The van der Waals surface area contributed by atoms with Crippen LogP contribution >= 0.6 is 0 Å². The van der Waals surface area contributed by atoms with E-state index in [-0.39, 0.29) is 13.1 Å². The summed E-state index contributed by atoms with van der Waals surface area (Å²) < 4.78 is 60.9. The Kier molecular flexibility index (Phi) is 4.23. The summed E-state index contributed by atoms with van der Waals surface area (Å²) in [6.45, 7) is -0.552. The molecule has 0 aromatic heterocycles. The van der Waals surface area contributed by atoms with E-state index in [0.717, 1.165) is 4.31 Å². The van der Waals surface area contributed by atoms with Crippen LogP contribution in [0.5, 0.6) is 0 Å². The lowest BCUT2D eigenvalue weighted by atomic mass is 9.99. The molecule has 2 N–H and O–H groups in total. The van der Waals surface area contributed by atoms with Gasteiger partial charge in [-0.3, -0.25) is 4.79 Å². The third-order valence-electron chi connectivity index (χ3n) is 2.69. The van der Waals surface area contributed by atoms with Crippen LogP contribution in [0, 0.1) is 11.8 Å². The fourth-order valence-corrected chi connectivity index (χ4v) is 3.02. The van der Waals surface area contributed by atoms with Crippen molar-refractivity contribution in [2.75, 3.05) is 19.6 Å². The lowest BCUT2D eigenvalue weighted by Crippen LogP contribution is -2.43. The first-order valence-electron chi connectivity index (χ1n) is 5.07. The largest absolute Gasteiger partial charge is 0.481 e. The molecular formula is C8H13F3N2O4S. The Balaban J connectivity index is 2.68. The molecule has 1 aliphatic rings. The summed E-state index contributed by atoms with van der Waals surface area (Å²) in [6, 6.07) is 0. The Bertz CT molecular complexity index is 423. The fraction of sp³-hybridized carbons (Fsp3) is 0.875. The van der Waals surface area contributed by atoms with Gasteiger partial charge in [-0.15, -0.1) is 0 Å². The van der Waals surface area contributed by atoms with Crippen LogP contribution < -0.4 is 4.72 Å². The number of hydrogen-bond donors (Lipinski definition) is 2. The van der Waals surface area contributed by atoms with Crippen molar-refractivity contribution in [2.24, 2.45) is 11.8 Å². The first-order chi connectivity index (χ1) is 8.03. The van der Waals surface area contributed by atoms with E-state index in [1.807, 2.05) is 0 Å². The van der Waals surface area contributed by atoms with E-state index >= 15 is 0 Å². The van der Waals surface area contributed by atoms with Gasteiger partial charge in [0.2, 0.25) is 0 Å². The zero-order valence-electron chi connectivity index (χ0n) is 9.44. The quantitative estimate of drug-likeness (QED) is 0.765. The highest BCUT2D eigenvalue weighted by atomic mass is 32.2. The molecule has 1 fully saturated rings. The molecule has 0 bridgehead atoms. The Morgan fingerprint density at radius 3 is 2.39 bits per heavy atom. The Morgan fingerprint density at radius 1 is 1.44 bits per heavy atom. The Labute approximate surface area is 102 Å². The fourth-order valence-electron chi connectivity index (χ4n) is 1.70. The molecule has 0 radical (unpaired) electrons. The standard InChI is InChI=1S/C8H13F3N2O4S/c1-5-2-13(3-6(5)7(14)15)18(16,17)12-4-8(9,10)11/h5-6,12H,2-4H2,1H3,(H,14,15)/t5-,6-/m1/s1. The minimum atomic E-state index is -4.65. The van der Waals surface area contributed by atoms with Crippen molar-refractivity contribution < 1.29 is 31.5 Å². The molecular weight excluding hydrogens is 277 g/mol. The minimum absolute atomic E-state index is 0.107. The monoisotopic (exact) mass is 290 g/mol. The average Bonchev–Trinajstić information content (AvgIpc) is 2.57. The summed E-state index contributed by atoms with van der Waals surface area (Å²) in [5.74, 6) is -2.49. The van der Waals surface area contributed by atoms with E-state index < -0.39 is 40.7 Å². The van der Waals surface area contributed by atoms with Crippen molar-refractivity contribution in [1.82, 2.24) is 9.03 Å². The number of rotatable bonds is 4. The molecule has 18 heavy (non-hydrogen) atoms. The number of carboxylic acids is 1. The van der Waals surface area contributed by atoms with Gasteiger partial charge in [0, 0.05) is 13.1 Å². The van der Waals surface area contributed by atoms with Crippen molar-refractivity contribution in [3.05, 3.63) is 0 Å². The molecule has 0 unspecified atom stereocenters. The van der Waals surface area contributed by atoms with Gasteiger partial charge >= 0.3 is 12.1 Å². The number of halogens is 3. The second-order valence-electron chi connectivity index (χ2n) is 4.18. The normalized spacial score (nSPS) is 26.4. The van der Waals surface area contributed by atoms with Crippen LogP contribution in [-0.2, 0) is 15.0 Å². The summed E-state index contributed by atoms with van der Waals surface area (Å²) >= 11 is 0. The molecule has 0 aromatic rings. The first kappa shape index (κ1) is 15.2. The van der Waals surface area contributed by atoms with E-state index in [1.165, 1.54) is 11.6 Å². The SMILES string of the molecule is C[C@@H]1CN(S(=O)(=O)NCC(F)(F)F)C[C@H]1C(=O)O. The van der Waals surface area contributed by atoms with Gasteiger partial charge in [-0.1, -0.05) is 6.92 Å². The second-order valence-corrected chi connectivity index (χ2v) is 5.94. The third-order valence-corrected chi connectivity index (χ3v) is 4.18. The number of nitrogens with one attached hydrogen (secondary N) is 1. The Hall–Kier alpha value is -0.870. The highest BCUT2D eigenvalue weighted by Gasteiger charge is 2.41. The molecule has 2 atom stereocenters. The summed E-state index contributed by atoms with van der Waals surface area (Å²) in [5.41, 5.74) is 0. The van der Waals surface area contributed by atoms with Crippen LogP contribution in [0.4, 0.5) is 13.2 Å². The van der Waals surface area contributed by atoms with Crippen molar-refractivity contribution in [3.8, 4) is 0 Å². The first-order valence-corrected chi connectivity index (χ1v) is 6.51. The zero-order valence-corrected chi connectivity index (χ0v) is 10.3. The van der Waals surface area contributed by atoms with Crippen molar-refractivity contribution in [1.29, 1.82) is 0 Å². The van der Waals surface area contributed by atoms with Crippen LogP contribution in [-0.4, -0.2) is 49.6 Å². The maximum Gasteiger partial charge on any atom is 0.402 e. The molecule has 0 aromatic carbocycles. The van der Waals surface area contributed by atoms with E-state index in [1.54, 1.807) is 0 Å². The predicted molar refractivity (Wildman–Crippen MR) is 54.8 cm³/mol. The summed E-state index contributed by atoms with van der Waals surface area (Å²) in [7, 11) is -4.29. The Morgan fingerprint density at radius 2 is 2.00 bits per heavy atom. The van der Waals surface area contributed by atoms with Crippen LogP contribution in [0.15, 0.2) is 0 Å². The number of carboxylic acid groups (broad SMARTS) is 1. The lowest BCUT2D eigenvalue weighted by Gasteiger charge is -2.17. The molecule has 1 rings (SSSR count). The van der Waals surface area contributed by atoms with Gasteiger partial charge in [0.25, 0.3) is 10.2 Å². The van der Waals surface area contributed by atoms with Gasteiger partial charge in [-0.25, -0.2) is 0 Å². The number of nitrogens with zero attached hydrogens (tertiary/aromatic N) is 1. The second kappa shape index (κ2) is 5.02. The molecule has 0 amide bonds. The van der Waals surface area contributed by atoms with Crippen LogP contribution in [0.1, 0.15) is 6.92 Å². The van der Waals surface area contributed by atoms with Gasteiger partial charge in [-0.2, -0.15) is 30.6 Å². The molecule has 10 heteroatoms. The van der Waals surface area contributed by atoms with Crippen molar-refractivity contribution in [3.63, 3.8) is 0 Å². The lowest BCUT2D eigenvalue weighted by molar-refractivity contribution is -0.142. The molecule has 0 aliphatic carbocycles. The molecule has 0 saturated carbocycles.